The second-order valence-corrected chi connectivity index (χ2v) is 11.3. The molecule has 6 aromatic carbocycles. The van der Waals surface area contributed by atoms with E-state index >= 15 is 0 Å². The molecule has 172 valence electrons. The first kappa shape index (κ1) is 20.2. The van der Waals surface area contributed by atoms with Crippen LogP contribution in [0.15, 0.2) is 120 Å². The average molecular weight is 533 g/mol. The first-order valence-electron chi connectivity index (χ1n) is 13.0. The van der Waals surface area contributed by atoms with Gasteiger partial charge in [0.25, 0.3) is 0 Å². The zero-order valence-electron chi connectivity index (χ0n) is 20.0. The Morgan fingerprint density at radius 2 is 0.865 bits per heavy atom. The molecule has 0 fully saturated rings. The minimum absolute atomic E-state index is 0.236. The van der Waals surface area contributed by atoms with Crippen molar-refractivity contribution in [3.8, 4) is 33.4 Å². The SMILES string of the molecule is Brc1ccc(-c2ccc3c4c(cccc24)-c2ccccc2-3)c2c1C1c3ccccc3C2c2ccccc21. The molecule has 0 saturated heterocycles. The van der Waals surface area contributed by atoms with Crippen LogP contribution in [0.5, 0.6) is 0 Å². The number of hydrogen-bond acceptors (Lipinski definition) is 0. The monoisotopic (exact) mass is 532 g/mol. The Hall–Kier alpha value is -3.94. The Bertz CT molecular complexity index is 1880. The lowest BCUT2D eigenvalue weighted by Gasteiger charge is -2.43. The maximum atomic E-state index is 4.00. The van der Waals surface area contributed by atoms with Crippen LogP contribution in [0, 0.1) is 0 Å². The molecule has 2 bridgehead atoms. The highest BCUT2D eigenvalue weighted by molar-refractivity contribution is 9.10. The molecule has 0 atom stereocenters. The summed E-state index contributed by atoms with van der Waals surface area (Å²) in [5.41, 5.74) is 16.8. The molecule has 0 unspecified atom stereocenters. The van der Waals surface area contributed by atoms with Gasteiger partial charge >= 0.3 is 0 Å². The lowest BCUT2D eigenvalue weighted by atomic mass is 9.60. The second kappa shape index (κ2) is 7.09. The van der Waals surface area contributed by atoms with Crippen molar-refractivity contribution in [3.63, 3.8) is 0 Å². The fourth-order valence-electron chi connectivity index (χ4n) is 7.52. The van der Waals surface area contributed by atoms with Gasteiger partial charge in [0.05, 0.1) is 0 Å². The minimum Gasteiger partial charge on any atom is -0.0619 e. The van der Waals surface area contributed by atoms with E-state index in [0.717, 1.165) is 0 Å². The van der Waals surface area contributed by atoms with Gasteiger partial charge in [0.2, 0.25) is 0 Å². The fourth-order valence-corrected chi connectivity index (χ4v) is 8.10. The van der Waals surface area contributed by atoms with Crippen molar-refractivity contribution >= 4 is 26.7 Å². The van der Waals surface area contributed by atoms with E-state index < -0.39 is 0 Å². The normalized spacial score (nSPS) is 17.3. The molecule has 6 aromatic rings. The molecule has 0 radical (unpaired) electrons. The number of benzene rings is 6. The Morgan fingerprint density at radius 1 is 0.378 bits per heavy atom. The quantitative estimate of drug-likeness (QED) is 0.197. The number of fused-ring (bicyclic) bond motifs is 3. The third kappa shape index (κ3) is 2.44. The van der Waals surface area contributed by atoms with E-state index in [1.165, 1.54) is 82.0 Å². The summed E-state index contributed by atoms with van der Waals surface area (Å²) in [4.78, 5) is 0. The van der Waals surface area contributed by atoms with Crippen LogP contribution >= 0.6 is 15.9 Å². The zero-order valence-corrected chi connectivity index (χ0v) is 21.6. The third-order valence-corrected chi connectivity index (χ3v) is 9.58. The maximum Gasteiger partial charge on any atom is 0.0360 e. The summed E-state index contributed by atoms with van der Waals surface area (Å²) in [6, 6.07) is 43.2. The number of halogens is 1. The molecule has 0 spiro atoms. The minimum atomic E-state index is 0.236. The van der Waals surface area contributed by atoms with E-state index in [1.54, 1.807) is 0 Å². The highest BCUT2D eigenvalue weighted by Gasteiger charge is 2.43. The molecule has 4 aliphatic rings. The van der Waals surface area contributed by atoms with Gasteiger partial charge in [0, 0.05) is 16.3 Å². The maximum absolute atomic E-state index is 4.00. The van der Waals surface area contributed by atoms with Crippen LogP contribution in [-0.4, -0.2) is 0 Å². The molecule has 0 aromatic heterocycles. The van der Waals surface area contributed by atoms with Crippen LogP contribution in [0.4, 0.5) is 0 Å². The Morgan fingerprint density at radius 3 is 1.51 bits per heavy atom. The summed E-state index contributed by atoms with van der Waals surface area (Å²) >= 11 is 4.00. The van der Waals surface area contributed by atoms with Gasteiger partial charge in [-0.15, -0.1) is 0 Å². The van der Waals surface area contributed by atoms with Gasteiger partial charge < -0.3 is 0 Å². The van der Waals surface area contributed by atoms with Crippen LogP contribution in [-0.2, 0) is 0 Å². The van der Waals surface area contributed by atoms with E-state index in [1.807, 2.05) is 0 Å². The van der Waals surface area contributed by atoms with Crippen molar-refractivity contribution in [2.75, 3.05) is 0 Å². The summed E-state index contributed by atoms with van der Waals surface area (Å²) < 4.78 is 1.21. The van der Waals surface area contributed by atoms with Gasteiger partial charge in [0.1, 0.15) is 0 Å². The third-order valence-electron chi connectivity index (χ3n) is 8.89. The molecule has 0 amide bonds. The first-order chi connectivity index (χ1) is 18.3. The van der Waals surface area contributed by atoms with Crippen LogP contribution in [0.25, 0.3) is 44.2 Å². The van der Waals surface area contributed by atoms with Crippen molar-refractivity contribution in [2.45, 2.75) is 11.8 Å². The Labute approximate surface area is 224 Å². The van der Waals surface area contributed by atoms with Crippen LogP contribution in [0.1, 0.15) is 45.2 Å². The van der Waals surface area contributed by atoms with Gasteiger partial charge in [-0.25, -0.2) is 0 Å². The summed E-state index contributed by atoms with van der Waals surface area (Å²) in [5.74, 6) is 0.489. The predicted molar refractivity (Wildman–Crippen MR) is 156 cm³/mol. The van der Waals surface area contributed by atoms with E-state index in [4.69, 9.17) is 0 Å². The fraction of sp³-hybridized carbons (Fsp3) is 0.0556. The number of hydrogen-bond donors (Lipinski definition) is 0. The van der Waals surface area contributed by atoms with Crippen molar-refractivity contribution < 1.29 is 0 Å². The molecular formula is C36H21Br. The van der Waals surface area contributed by atoms with E-state index in [9.17, 15) is 0 Å². The van der Waals surface area contributed by atoms with E-state index in [-0.39, 0.29) is 11.8 Å². The van der Waals surface area contributed by atoms with Crippen molar-refractivity contribution in [1.29, 1.82) is 0 Å². The molecule has 0 heterocycles. The molecule has 0 aliphatic heterocycles. The lowest BCUT2D eigenvalue weighted by Crippen LogP contribution is -2.28. The molecule has 0 N–H and O–H groups in total. The summed E-state index contributed by atoms with van der Waals surface area (Å²) in [7, 11) is 0. The van der Waals surface area contributed by atoms with Gasteiger partial charge in [-0.05, 0) is 83.6 Å². The molecule has 10 rings (SSSR count). The summed E-state index contributed by atoms with van der Waals surface area (Å²) in [6.07, 6.45) is 0. The highest BCUT2D eigenvalue weighted by atomic mass is 79.9. The standard InChI is InChI=1S/C36H21Br/c37-31-19-18-30(22-16-17-29-21-9-2-1-8-20(21)23-14-7-15-24(22)32(23)29)35-33-25-10-3-5-12-27(25)34(36(31)35)28-13-6-4-11-26(28)33/h1-19,33-34H. The zero-order chi connectivity index (χ0) is 24.2. The molecule has 37 heavy (non-hydrogen) atoms. The Kier molecular flexibility index (Phi) is 3.86. The molecule has 1 heteroatoms. The molecular weight excluding hydrogens is 512 g/mol. The molecule has 0 saturated carbocycles. The van der Waals surface area contributed by atoms with Crippen molar-refractivity contribution in [1.82, 2.24) is 0 Å². The van der Waals surface area contributed by atoms with E-state index in [2.05, 4.69) is 131 Å². The predicted octanol–water partition coefficient (Wildman–Crippen LogP) is 9.90. The van der Waals surface area contributed by atoms with Crippen LogP contribution in [0.3, 0.4) is 0 Å². The van der Waals surface area contributed by atoms with Gasteiger partial charge in [0.15, 0.2) is 0 Å². The Balaban J connectivity index is 1.38. The smallest absolute Gasteiger partial charge is 0.0360 e. The van der Waals surface area contributed by atoms with Crippen molar-refractivity contribution in [3.05, 3.63) is 153 Å². The van der Waals surface area contributed by atoms with Gasteiger partial charge in [-0.1, -0.05) is 125 Å². The number of rotatable bonds is 1. The summed E-state index contributed by atoms with van der Waals surface area (Å²) in [5, 5.41) is 2.73. The first-order valence-corrected chi connectivity index (χ1v) is 13.8. The van der Waals surface area contributed by atoms with Crippen LogP contribution < -0.4 is 0 Å². The second-order valence-electron chi connectivity index (χ2n) is 10.5. The van der Waals surface area contributed by atoms with Crippen LogP contribution in [0.2, 0.25) is 0 Å². The van der Waals surface area contributed by atoms with E-state index in [0.29, 0.717) is 0 Å². The average Bonchev–Trinajstić information content (AvgIpc) is 3.29. The molecule has 0 nitrogen and oxygen atoms in total. The van der Waals surface area contributed by atoms with Crippen molar-refractivity contribution in [2.24, 2.45) is 0 Å². The lowest BCUT2D eigenvalue weighted by molar-refractivity contribution is 0.752. The topological polar surface area (TPSA) is 0 Å². The largest absolute Gasteiger partial charge is 0.0619 e. The summed E-state index contributed by atoms with van der Waals surface area (Å²) in [6.45, 7) is 0. The van der Waals surface area contributed by atoms with Gasteiger partial charge in [-0.2, -0.15) is 0 Å². The molecule has 4 aliphatic carbocycles. The van der Waals surface area contributed by atoms with Gasteiger partial charge in [-0.3, -0.25) is 0 Å². The highest BCUT2D eigenvalue weighted by Crippen LogP contribution is 2.60.